The number of aliphatic carboxylic acids is 1. The van der Waals surface area contributed by atoms with Crippen molar-refractivity contribution in [3.05, 3.63) is 65.7 Å². The van der Waals surface area contributed by atoms with Gasteiger partial charge in [-0.05, 0) is 43.7 Å². The van der Waals surface area contributed by atoms with Crippen molar-refractivity contribution in [2.75, 3.05) is 13.1 Å². The molecule has 27 heavy (non-hydrogen) atoms. The number of rotatable bonds is 8. The Morgan fingerprint density at radius 1 is 1.00 bits per heavy atom. The van der Waals surface area contributed by atoms with E-state index in [4.69, 9.17) is 0 Å². The van der Waals surface area contributed by atoms with Gasteiger partial charge in [0.15, 0.2) is 0 Å². The highest BCUT2D eigenvalue weighted by molar-refractivity contribution is 7.89. The molecule has 0 spiro atoms. The molecule has 0 radical (unpaired) electrons. The van der Waals surface area contributed by atoms with E-state index in [2.05, 4.69) is 4.72 Å². The molecule has 0 saturated heterocycles. The minimum Gasteiger partial charge on any atom is -0.480 e. The molecule has 2 aromatic carbocycles. The lowest BCUT2D eigenvalue weighted by Gasteiger charge is -2.19. The zero-order chi connectivity index (χ0) is 20.0. The first-order chi connectivity index (χ1) is 12.8. The number of hydrogen-bond donors (Lipinski definition) is 2. The Labute approximate surface area is 158 Å². The van der Waals surface area contributed by atoms with E-state index in [1.807, 2.05) is 13.8 Å². The van der Waals surface area contributed by atoms with Crippen LogP contribution in [0, 0.1) is 0 Å². The normalized spacial score (nSPS) is 12.4. The molecule has 8 heteroatoms. The van der Waals surface area contributed by atoms with Crippen LogP contribution in [-0.4, -0.2) is 43.4 Å². The molecule has 1 amide bonds. The second-order valence-electron chi connectivity index (χ2n) is 5.81. The van der Waals surface area contributed by atoms with Crippen molar-refractivity contribution < 1.29 is 23.1 Å². The van der Waals surface area contributed by atoms with Crippen molar-refractivity contribution in [3.8, 4) is 0 Å². The van der Waals surface area contributed by atoms with Crippen LogP contribution < -0.4 is 4.72 Å². The Morgan fingerprint density at radius 2 is 1.56 bits per heavy atom. The van der Waals surface area contributed by atoms with E-state index in [0.29, 0.717) is 24.2 Å². The lowest BCUT2D eigenvalue weighted by Crippen LogP contribution is -2.34. The number of benzene rings is 2. The Hall–Kier alpha value is -2.71. The zero-order valence-electron chi connectivity index (χ0n) is 15.1. The Bertz CT molecular complexity index is 891. The maximum atomic E-state index is 12.6. The second-order valence-corrected chi connectivity index (χ2v) is 7.52. The topological polar surface area (TPSA) is 104 Å². The predicted molar refractivity (Wildman–Crippen MR) is 101 cm³/mol. The largest absolute Gasteiger partial charge is 0.480 e. The molecular formula is C19H22N2O5S. The molecule has 0 heterocycles. The number of amides is 1. The first-order valence-corrected chi connectivity index (χ1v) is 9.97. The van der Waals surface area contributed by atoms with E-state index in [9.17, 15) is 23.1 Å². The van der Waals surface area contributed by atoms with Gasteiger partial charge in [-0.15, -0.1) is 0 Å². The van der Waals surface area contributed by atoms with Gasteiger partial charge < -0.3 is 10.0 Å². The highest BCUT2D eigenvalue weighted by atomic mass is 32.2. The minimum absolute atomic E-state index is 0.110. The molecule has 0 bridgehead atoms. The molecule has 7 nitrogen and oxygen atoms in total. The number of carboxylic acids is 1. The van der Waals surface area contributed by atoms with Crippen molar-refractivity contribution in [1.29, 1.82) is 0 Å². The van der Waals surface area contributed by atoms with Gasteiger partial charge in [0.05, 0.1) is 4.90 Å². The van der Waals surface area contributed by atoms with Crippen molar-refractivity contribution in [1.82, 2.24) is 9.62 Å². The first kappa shape index (κ1) is 20.6. The van der Waals surface area contributed by atoms with Gasteiger partial charge in [0.1, 0.15) is 6.04 Å². The number of nitrogens with zero attached hydrogens (tertiary/aromatic N) is 1. The van der Waals surface area contributed by atoms with Crippen LogP contribution in [0.2, 0.25) is 0 Å². The molecule has 144 valence electrons. The van der Waals surface area contributed by atoms with Gasteiger partial charge in [-0.3, -0.25) is 9.59 Å². The number of hydrogen-bond acceptors (Lipinski definition) is 4. The smallest absolute Gasteiger partial charge is 0.326 e. The molecule has 2 rings (SSSR count). The SMILES string of the molecule is CCN(CC)C(=O)c1ccc(S(=O)(=O)N[C@@H](C(=O)O)c2ccccc2)cc1. The monoisotopic (exact) mass is 390 g/mol. The zero-order valence-corrected chi connectivity index (χ0v) is 15.9. The summed E-state index contributed by atoms with van der Waals surface area (Å²) in [5, 5.41) is 9.39. The van der Waals surface area contributed by atoms with E-state index in [-0.39, 0.29) is 10.8 Å². The van der Waals surface area contributed by atoms with Crippen LogP contribution in [0.4, 0.5) is 0 Å². The Balaban J connectivity index is 2.26. The van der Waals surface area contributed by atoms with Crippen molar-refractivity contribution in [2.24, 2.45) is 0 Å². The van der Waals surface area contributed by atoms with Crippen molar-refractivity contribution in [3.63, 3.8) is 0 Å². The molecule has 2 N–H and O–H groups in total. The highest BCUT2D eigenvalue weighted by Gasteiger charge is 2.27. The number of nitrogens with one attached hydrogen (secondary N) is 1. The third kappa shape index (κ3) is 4.93. The summed E-state index contributed by atoms with van der Waals surface area (Å²) in [7, 11) is -4.08. The van der Waals surface area contributed by atoms with Gasteiger partial charge in [-0.25, -0.2) is 8.42 Å². The van der Waals surface area contributed by atoms with Gasteiger partial charge in [0.25, 0.3) is 5.91 Å². The van der Waals surface area contributed by atoms with Gasteiger partial charge in [0, 0.05) is 18.7 Å². The third-order valence-electron chi connectivity index (χ3n) is 4.12. The van der Waals surface area contributed by atoms with E-state index in [1.165, 1.54) is 36.4 Å². The van der Waals surface area contributed by atoms with Gasteiger partial charge in [-0.1, -0.05) is 30.3 Å². The first-order valence-electron chi connectivity index (χ1n) is 8.49. The maximum Gasteiger partial charge on any atom is 0.326 e. The minimum atomic E-state index is -4.08. The van der Waals surface area contributed by atoms with Crippen LogP contribution in [0.1, 0.15) is 35.8 Å². The summed E-state index contributed by atoms with van der Waals surface area (Å²) in [6, 6.07) is 12.1. The summed E-state index contributed by atoms with van der Waals surface area (Å²) in [6.07, 6.45) is 0. The molecule has 1 atom stereocenters. The molecule has 0 unspecified atom stereocenters. The van der Waals surface area contributed by atoms with Crippen LogP contribution in [-0.2, 0) is 14.8 Å². The number of carbonyl (C=O) groups excluding carboxylic acids is 1. The van der Waals surface area contributed by atoms with Crippen LogP contribution >= 0.6 is 0 Å². The molecule has 0 aliphatic rings. The lowest BCUT2D eigenvalue weighted by atomic mass is 10.1. The average molecular weight is 390 g/mol. The summed E-state index contributed by atoms with van der Waals surface area (Å²) in [4.78, 5) is 25.3. The quantitative estimate of drug-likeness (QED) is 0.720. The van der Waals surface area contributed by atoms with E-state index in [0.717, 1.165) is 0 Å². The fourth-order valence-electron chi connectivity index (χ4n) is 2.60. The molecule has 0 aliphatic carbocycles. The standard InChI is InChI=1S/C19H22N2O5S/c1-3-21(4-2)18(22)15-10-12-16(13-11-15)27(25,26)20-17(19(23)24)14-8-6-5-7-9-14/h5-13,17,20H,3-4H2,1-2H3,(H,23,24)/t17-/m1/s1. The van der Waals surface area contributed by atoms with E-state index >= 15 is 0 Å². The second kappa shape index (κ2) is 8.79. The van der Waals surface area contributed by atoms with Crippen LogP contribution in [0.5, 0.6) is 0 Å². The summed E-state index contributed by atoms with van der Waals surface area (Å²) >= 11 is 0. The third-order valence-corrected chi connectivity index (χ3v) is 5.55. The number of sulfonamides is 1. The molecule has 2 aromatic rings. The van der Waals surface area contributed by atoms with Gasteiger partial charge >= 0.3 is 5.97 Å². The van der Waals surface area contributed by atoms with Crippen molar-refractivity contribution >= 4 is 21.9 Å². The fourth-order valence-corrected chi connectivity index (χ4v) is 3.78. The molecular weight excluding hydrogens is 368 g/mol. The van der Waals surface area contributed by atoms with E-state index in [1.54, 1.807) is 23.1 Å². The Kier molecular flexibility index (Phi) is 6.70. The van der Waals surface area contributed by atoms with Crippen LogP contribution in [0.15, 0.2) is 59.5 Å². The van der Waals surface area contributed by atoms with Gasteiger partial charge in [0.2, 0.25) is 10.0 Å². The highest BCUT2D eigenvalue weighted by Crippen LogP contribution is 2.18. The van der Waals surface area contributed by atoms with Crippen LogP contribution in [0.3, 0.4) is 0 Å². The van der Waals surface area contributed by atoms with E-state index < -0.39 is 22.0 Å². The predicted octanol–water partition coefficient (Wildman–Crippen LogP) is 2.27. The van der Waals surface area contributed by atoms with Crippen LogP contribution in [0.25, 0.3) is 0 Å². The lowest BCUT2D eigenvalue weighted by molar-refractivity contribution is -0.139. The fraction of sp³-hybridized carbons (Fsp3) is 0.263. The number of carboxylic acid groups (broad SMARTS) is 1. The van der Waals surface area contributed by atoms with Gasteiger partial charge in [-0.2, -0.15) is 4.72 Å². The van der Waals surface area contributed by atoms with Crippen molar-refractivity contribution in [2.45, 2.75) is 24.8 Å². The number of carbonyl (C=O) groups is 2. The molecule has 0 aromatic heterocycles. The molecule has 0 saturated carbocycles. The average Bonchev–Trinajstić information content (AvgIpc) is 2.67. The summed E-state index contributed by atoms with van der Waals surface area (Å²) < 4.78 is 27.4. The Morgan fingerprint density at radius 3 is 2.04 bits per heavy atom. The molecule has 0 fully saturated rings. The summed E-state index contributed by atoms with van der Waals surface area (Å²) in [6.45, 7) is 4.82. The summed E-state index contributed by atoms with van der Waals surface area (Å²) in [5.41, 5.74) is 0.692. The summed E-state index contributed by atoms with van der Waals surface area (Å²) in [5.74, 6) is -1.50. The maximum absolute atomic E-state index is 12.6. The molecule has 0 aliphatic heterocycles.